The number of alkyl halides is 1. The highest BCUT2D eigenvalue weighted by Crippen LogP contribution is 2.30. The third kappa shape index (κ3) is 5.78. The van der Waals surface area contributed by atoms with E-state index in [-0.39, 0.29) is 31.0 Å². The van der Waals surface area contributed by atoms with Crippen molar-refractivity contribution in [1.82, 2.24) is 30.2 Å². The number of ether oxygens (including phenoxy) is 2. The summed E-state index contributed by atoms with van der Waals surface area (Å²) >= 11 is 0. The van der Waals surface area contributed by atoms with Crippen molar-refractivity contribution < 1.29 is 28.6 Å². The van der Waals surface area contributed by atoms with Crippen LogP contribution in [-0.2, 0) is 0 Å². The van der Waals surface area contributed by atoms with Crippen molar-refractivity contribution in [2.24, 2.45) is 0 Å². The van der Waals surface area contributed by atoms with Crippen LogP contribution in [0.15, 0.2) is 49.2 Å². The number of halogens is 1. The van der Waals surface area contributed by atoms with Gasteiger partial charge in [-0.1, -0.05) is 0 Å². The van der Waals surface area contributed by atoms with E-state index in [0.29, 0.717) is 29.5 Å². The number of piperidine rings is 1. The van der Waals surface area contributed by atoms with Gasteiger partial charge >= 0.3 is 6.09 Å². The Labute approximate surface area is 200 Å². The quantitative estimate of drug-likeness (QED) is 0.520. The number of amides is 2. The van der Waals surface area contributed by atoms with Gasteiger partial charge in [-0.15, -0.1) is 0 Å². The van der Waals surface area contributed by atoms with Gasteiger partial charge < -0.3 is 24.8 Å². The fourth-order valence-corrected chi connectivity index (χ4v) is 3.51. The van der Waals surface area contributed by atoms with E-state index in [1.807, 2.05) is 6.92 Å². The van der Waals surface area contributed by atoms with Crippen LogP contribution >= 0.6 is 0 Å². The van der Waals surface area contributed by atoms with Gasteiger partial charge in [0.1, 0.15) is 11.9 Å². The van der Waals surface area contributed by atoms with Crippen molar-refractivity contribution in [1.29, 1.82) is 0 Å². The third-order valence-corrected chi connectivity index (χ3v) is 5.25. The molecule has 2 atom stereocenters. The zero-order valence-electron chi connectivity index (χ0n) is 18.8. The second-order valence-electron chi connectivity index (χ2n) is 7.66. The molecule has 0 aliphatic carbocycles. The third-order valence-electron chi connectivity index (χ3n) is 5.25. The first-order valence-corrected chi connectivity index (χ1v) is 10.9. The molecule has 1 aliphatic heterocycles. The molecule has 3 aromatic rings. The highest BCUT2D eigenvalue weighted by Gasteiger charge is 2.32. The van der Waals surface area contributed by atoms with Crippen molar-refractivity contribution in [3.63, 3.8) is 0 Å². The predicted molar refractivity (Wildman–Crippen MR) is 121 cm³/mol. The van der Waals surface area contributed by atoms with Gasteiger partial charge in [-0.2, -0.15) is 0 Å². The Balaban J connectivity index is 1.44. The number of nitrogens with one attached hydrogen (secondary N) is 1. The van der Waals surface area contributed by atoms with Gasteiger partial charge in [-0.3, -0.25) is 9.78 Å². The molecule has 4 rings (SSSR count). The number of nitrogens with zero attached hydrogens (tertiary/aromatic N) is 5. The largest absolute Gasteiger partial charge is 0.488 e. The number of hydrogen-bond acceptors (Lipinski definition) is 8. The fraction of sp³-hybridized carbons (Fsp3) is 0.304. The van der Waals surface area contributed by atoms with Gasteiger partial charge in [-0.25, -0.2) is 24.1 Å². The van der Waals surface area contributed by atoms with Crippen molar-refractivity contribution in [2.45, 2.75) is 25.6 Å². The minimum atomic E-state index is -1.34. The maximum atomic E-state index is 14.2. The van der Waals surface area contributed by atoms with Gasteiger partial charge in [0, 0.05) is 43.4 Å². The lowest BCUT2D eigenvalue weighted by molar-refractivity contribution is 0.0752. The molecule has 1 fully saturated rings. The number of hydrogen-bond donors (Lipinski definition) is 2. The summed E-state index contributed by atoms with van der Waals surface area (Å²) in [6, 6.07) is 4.21. The predicted octanol–water partition coefficient (Wildman–Crippen LogP) is 2.94. The van der Waals surface area contributed by atoms with Gasteiger partial charge in [-0.05, 0) is 31.5 Å². The monoisotopic (exact) mass is 482 g/mol. The van der Waals surface area contributed by atoms with Crippen LogP contribution < -0.4 is 14.8 Å². The summed E-state index contributed by atoms with van der Waals surface area (Å²) in [5.74, 6) is 0.874. The van der Waals surface area contributed by atoms with Crippen LogP contribution in [0.4, 0.5) is 9.18 Å². The smallest absolute Gasteiger partial charge is 0.407 e. The minimum Gasteiger partial charge on any atom is -0.488 e. The lowest BCUT2D eigenvalue weighted by atomic mass is 10.0. The molecule has 12 heteroatoms. The number of aromatic nitrogens is 4. The van der Waals surface area contributed by atoms with Crippen molar-refractivity contribution in [3.05, 3.63) is 54.7 Å². The van der Waals surface area contributed by atoms with Gasteiger partial charge in [0.05, 0.1) is 24.4 Å². The van der Waals surface area contributed by atoms with Crippen LogP contribution in [0.2, 0.25) is 0 Å². The Bertz CT molecular complexity index is 1200. The molecule has 0 saturated carbocycles. The normalized spacial score (nSPS) is 17.5. The molecule has 2 N–H and O–H groups in total. The highest BCUT2D eigenvalue weighted by molar-refractivity contribution is 5.94. The molecule has 0 radical (unpaired) electrons. The van der Waals surface area contributed by atoms with Crippen LogP contribution in [0.25, 0.3) is 11.4 Å². The zero-order valence-corrected chi connectivity index (χ0v) is 18.8. The second-order valence-corrected chi connectivity index (χ2v) is 7.66. The second kappa shape index (κ2) is 10.7. The summed E-state index contributed by atoms with van der Waals surface area (Å²) in [4.78, 5) is 41.5. The van der Waals surface area contributed by atoms with E-state index in [0.717, 1.165) is 4.90 Å². The summed E-state index contributed by atoms with van der Waals surface area (Å²) < 4.78 is 25.5. The van der Waals surface area contributed by atoms with Crippen LogP contribution in [0.5, 0.6) is 17.4 Å². The van der Waals surface area contributed by atoms with Crippen molar-refractivity contribution in [3.8, 4) is 28.8 Å². The van der Waals surface area contributed by atoms with Crippen molar-refractivity contribution in [2.75, 3.05) is 19.7 Å². The molecular formula is C23H23FN6O5. The summed E-state index contributed by atoms with van der Waals surface area (Å²) in [6.45, 7) is 2.28. The first kappa shape index (κ1) is 23.8. The van der Waals surface area contributed by atoms with Crippen LogP contribution in [0.1, 0.15) is 23.7 Å². The molecule has 35 heavy (non-hydrogen) atoms. The van der Waals surface area contributed by atoms with E-state index in [1.165, 1.54) is 18.6 Å². The Hall–Kier alpha value is -4.35. The molecule has 11 nitrogen and oxygen atoms in total. The average Bonchev–Trinajstić information content (AvgIpc) is 2.87. The number of likely N-dealkylation sites (tertiary alicyclic amines) is 1. The SMILES string of the molecule is CCOc1cccnc1Oc1cncc(-c2ncc(C(=O)N[C@@H]3CN(C(=O)O)CC[C@H]3F)cn2)c1. The number of pyridine rings is 2. The van der Waals surface area contributed by atoms with E-state index >= 15 is 0 Å². The van der Waals surface area contributed by atoms with Crippen LogP contribution in [-0.4, -0.2) is 73.9 Å². The maximum absolute atomic E-state index is 14.2. The Morgan fingerprint density at radius 2 is 2.03 bits per heavy atom. The summed E-state index contributed by atoms with van der Waals surface area (Å²) in [7, 11) is 0. The summed E-state index contributed by atoms with van der Waals surface area (Å²) in [5, 5.41) is 11.6. The topological polar surface area (TPSA) is 140 Å². The molecule has 4 heterocycles. The molecule has 1 saturated heterocycles. The first-order valence-electron chi connectivity index (χ1n) is 10.9. The zero-order chi connectivity index (χ0) is 24.8. The number of carbonyl (C=O) groups is 2. The molecule has 3 aromatic heterocycles. The van der Waals surface area contributed by atoms with Crippen LogP contribution in [0, 0.1) is 0 Å². The number of rotatable bonds is 7. The van der Waals surface area contributed by atoms with Gasteiger partial charge in [0.15, 0.2) is 11.6 Å². The van der Waals surface area contributed by atoms with E-state index in [9.17, 15) is 14.0 Å². The molecule has 0 bridgehead atoms. The Morgan fingerprint density at radius 1 is 1.23 bits per heavy atom. The van der Waals surface area contributed by atoms with Gasteiger partial charge in [0.2, 0.25) is 0 Å². The minimum absolute atomic E-state index is 0.0165. The molecule has 0 aromatic carbocycles. The van der Waals surface area contributed by atoms with Gasteiger partial charge in [0.25, 0.3) is 11.8 Å². The first-order chi connectivity index (χ1) is 16.9. The molecule has 1 aliphatic rings. The molecular weight excluding hydrogens is 459 g/mol. The molecule has 0 unspecified atom stereocenters. The summed E-state index contributed by atoms with van der Waals surface area (Å²) in [6.07, 6.45) is 4.77. The lowest BCUT2D eigenvalue weighted by Crippen LogP contribution is -2.54. The Morgan fingerprint density at radius 3 is 2.77 bits per heavy atom. The molecule has 0 spiro atoms. The number of carbonyl (C=O) groups excluding carboxylic acids is 1. The van der Waals surface area contributed by atoms with E-state index in [1.54, 1.807) is 30.6 Å². The number of carboxylic acid groups (broad SMARTS) is 1. The lowest BCUT2D eigenvalue weighted by Gasteiger charge is -2.33. The Kier molecular flexibility index (Phi) is 7.29. The summed E-state index contributed by atoms with van der Waals surface area (Å²) in [5.41, 5.74) is 0.653. The molecule has 2 amide bonds. The maximum Gasteiger partial charge on any atom is 0.407 e. The molecule has 182 valence electrons. The van der Waals surface area contributed by atoms with E-state index < -0.39 is 24.2 Å². The van der Waals surface area contributed by atoms with Crippen molar-refractivity contribution >= 4 is 12.0 Å². The van der Waals surface area contributed by atoms with Crippen LogP contribution in [0.3, 0.4) is 0 Å². The average molecular weight is 482 g/mol. The highest BCUT2D eigenvalue weighted by atomic mass is 19.1. The van der Waals surface area contributed by atoms with E-state index in [4.69, 9.17) is 14.6 Å². The van der Waals surface area contributed by atoms with E-state index in [2.05, 4.69) is 25.3 Å². The fourth-order valence-electron chi connectivity index (χ4n) is 3.51. The standard InChI is InChI=1S/C23H23FN6O5/c1-2-34-19-4-3-6-26-22(19)35-16-8-14(9-25-12-16)20-27-10-15(11-28-20)21(31)29-18-13-30(23(32)33)7-5-17(18)24/h3-4,6,8-12,17-18H,2,5,7,13H2,1H3,(H,29,31)(H,32,33)/t17-,18-/m1/s1.